The Morgan fingerprint density at radius 2 is 1.96 bits per heavy atom. The monoisotopic (exact) mass is 364 g/mol. The van der Waals surface area contributed by atoms with Crippen molar-refractivity contribution in [1.29, 1.82) is 0 Å². The molecule has 1 aromatic carbocycles. The summed E-state index contributed by atoms with van der Waals surface area (Å²) < 4.78 is 26.4. The van der Waals surface area contributed by atoms with Gasteiger partial charge in [0.2, 0.25) is 10.0 Å². The molecule has 1 saturated heterocycles. The van der Waals surface area contributed by atoms with E-state index in [4.69, 9.17) is 0 Å². The van der Waals surface area contributed by atoms with Crippen molar-refractivity contribution >= 4 is 21.6 Å². The van der Waals surface area contributed by atoms with Crippen LogP contribution in [-0.4, -0.2) is 38.1 Å². The van der Waals surface area contributed by atoms with Crippen LogP contribution in [0.5, 0.6) is 0 Å². The number of fused-ring (bicyclic) bond motifs is 1. The molecule has 6 heteroatoms. The van der Waals surface area contributed by atoms with Crippen LogP contribution in [0, 0.1) is 11.8 Å². The van der Waals surface area contributed by atoms with E-state index in [1.807, 2.05) is 11.8 Å². The lowest BCUT2D eigenvalue weighted by Crippen LogP contribution is -2.44. The molecule has 0 aromatic heterocycles. The van der Waals surface area contributed by atoms with Crippen molar-refractivity contribution in [2.75, 3.05) is 23.6 Å². The lowest BCUT2D eigenvalue weighted by molar-refractivity contribution is 0.0521. The van der Waals surface area contributed by atoms with Gasteiger partial charge in [0.05, 0.1) is 5.75 Å². The Morgan fingerprint density at radius 1 is 1.20 bits per heavy atom. The zero-order valence-electron chi connectivity index (χ0n) is 14.9. The van der Waals surface area contributed by atoms with E-state index in [1.165, 1.54) is 25.7 Å². The van der Waals surface area contributed by atoms with Gasteiger partial charge in [-0.15, -0.1) is 0 Å². The van der Waals surface area contributed by atoms with Crippen LogP contribution in [0.15, 0.2) is 24.3 Å². The number of nitrogens with zero attached hydrogens (tertiary/aromatic N) is 1. The van der Waals surface area contributed by atoms with Gasteiger partial charge in [0.1, 0.15) is 0 Å². The third-order valence-electron chi connectivity index (χ3n) is 5.43. The zero-order chi connectivity index (χ0) is 17.9. The van der Waals surface area contributed by atoms with E-state index in [2.05, 4.69) is 4.72 Å². The Bertz CT molecular complexity index is 717. The topological polar surface area (TPSA) is 66.5 Å². The van der Waals surface area contributed by atoms with Crippen molar-refractivity contribution < 1.29 is 13.2 Å². The molecule has 3 rings (SSSR count). The van der Waals surface area contributed by atoms with Crippen LogP contribution in [0.4, 0.5) is 5.69 Å². The number of anilines is 1. The first kappa shape index (κ1) is 18.2. The molecule has 1 aliphatic heterocycles. The minimum atomic E-state index is -3.34. The van der Waals surface area contributed by atoms with Crippen LogP contribution in [0.3, 0.4) is 0 Å². The van der Waals surface area contributed by atoms with Gasteiger partial charge < -0.3 is 4.90 Å². The second-order valence-electron chi connectivity index (χ2n) is 7.35. The Morgan fingerprint density at radius 3 is 2.72 bits per heavy atom. The van der Waals surface area contributed by atoms with Gasteiger partial charge in [-0.2, -0.15) is 0 Å². The van der Waals surface area contributed by atoms with Crippen molar-refractivity contribution in [2.24, 2.45) is 11.8 Å². The largest absolute Gasteiger partial charge is 0.338 e. The molecule has 25 heavy (non-hydrogen) atoms. The van der Waals surface area contributed by atoms with Gasteiger partial charge in [0.15, 0.2) is 0 Å². The van der Waals surface area contributed by atoms with E-state index in [0.717, 1.165) is 25.4 Å². The highest BCUT2D eigenvalue weighted by Crippen LogP contribution is 2.36. The first-order valence-electron chi connectivity index (χ1n) is 9.38. The van der Waals surface area contributed by atoms with Crippen molar-refractivity contribution in [3.8, 4) is 0 Å². The standard InChI is InChI=1S/C19H28N2O3S/c1-2-12-25(23,24)20-18-9-5-8-16(13-18)19(22)21-11-10-15-6-3-4-7-17(15)14-21/h5,8-9,13,15,17,20H,2-4,6-7,10-12,14H2,1H3. The lowest BCUT2D eigenvalue weighted by Gasteiger charge is -2.41. The minimum absolute atomic E-state index is 0.0144. The second kappa shape index (κ2) is 7.77. The average Bonchev–Trinajstić information content (AvgIpc) is 2.60. The number of amides is 1. The number of hydrogen-bond donors (Lipinski definition) is 1. The van der Waals surface area contributed by atoms with E-state index < -0.39 is 10.0 Å². The number of rotatable bonds is 5. The quantitative estimate of drug-likeness (QED) is 0.870. The maximum atomic E-state index is 12.9. The second-order valence-corrected chi connectivity index (χ2v) is 9.19. The Kier molecular flexibility index (Phi) is 5.67. The highest BCUT2D eigenvalue weighted by Gasteiger charge is 2.33. The third-order valence-corrected chi connectivity index (χ3v) is 6.93. The highest BCUT2D eigenvalue weighted by atomic mass is 32.2. The molecule has 0 spiro atoms. The predicted octanol–water partition coefficient (Wildman–Crippen LogP) is 3.49. The van der Waals surface area contributed by atoms with Gasteiger partial charge in [-0.1, -0.05) is 32.3 Å². The van der Waals surface area contributed by atoms with Crippen molar-refractivity contribution in [2.45, 2.75) is 45.4 Å². The molecule has 2 unspecified atom stereocenters. The van der Waals surface area contributed by atoms with Gasteiger partial charge >= 0.3 is 0 Å². The molecule has 1 aromatic rings. The summed E-state index contributed by atoms with van der Waals surface area (Å²) in [6, 6.07) is 6.86. The third kappa shape index (κ3) is 4.54. The summed E-state index contributed by atoms with van der Waals surface area (Å²) in [6.45, 7) is 3.48. The summed E-state index contributed by atoms with van der Waals surface area (Å²) in [7, 11) is -3.34. The number of benzene rings is 1. The Labute approximate surface area is 150 Å². The number of likely N-dealkylation sites (tertiary alicyclic amines) is 1. The molecule has 2 aliphatic rings. The molecule has 1 amide bonds. The fraction of sp³-hybridized carbons (Fsp3) is 0.632. The van der Waals surface area contributed by atoms with Gasteiger partial charge in [0, 0.05) is 24.3 Å². The summed E-state index contributed by atoms with van der Waals surface area (Å²) in [6.07, 6.45) is 6.79. The number of sulfonamides is 1. The van der Waals surface area contributed by atoms with E-state index >= 15 is 0 Å². The van der Waals surface area contributed by atoms with Gasteiger partial charge in [0.25, 0.3) is 5.91 Å². The maximum Gasteiger partial charge on any atom is 0.253 e. The summed E-state index contributed by atoms with van der Waals surface area (Å²) in [5.41, 5.74) is 1.03. The Balaban J connectivity index is 1.69. The molecular formula is C19H28N2O3S. The molecule has 138 valence electrons. The molecule has 1 heterocycles. The summed E-state index contributed by atoms with van der Waals surface area (Å²) in [4.78, 5) is 14.8. The molecule has 1 N–H and O–H groups in total. The van der Waals surface area contributed by atoms with Crippen LogP contribution in [0.25, 0.3) is 0 Å². The lowest BCUT2D eigenvalue weighted by atomic mass is 9.75. The number of piperidine rings is 1. The smallest absolute Gasteiger partial charge is 0.253 e. The SMILES string of the molecule is CCCS(=O)(=O)Nc1cccc(C(=O)N2CCC3CCCCC3C2)c1. The number of nitrogens with one attached hydrogen (secondary N) is 1. The molecule has 0 radical (unpaired) electrons. The number of carbonyl (C=O) groups excluding carboxylic acids is 1. The Hall–Kier alpha value is -1.56. The highest BCUT2D eigenvalue weighted by molar-refractivity contribution is 7.92. The minimum Gasteiger partial charge on any atom is -0.338 e. The first-order chi connectivity index (χ1) is 12.0. The van der Waals surface area contributed by atoms with E-state index in [1.54, 1.807) is 24.3 Å². The fourth-order valence-electron chi connectivity index (χ4n) is 4.18. The van der Waals surface area contributed by atoms with Crippen molar-refractivity contribution in [1.82, 2.24) is 4.90 Å². The molecule has 2 atom stereocenters. The van der Waals surface area contributed by atoms with Crippen LogP contribution in [0.1, 0.15) is 55.8 Å². The fourth-order valence-corrected chi connectivity index (χ4v) is 5.31. The van der Waals surface area contributed by atoms with Crippen molar-refractivity contribution in [3.05, 3.63) is 29.8 Å². The summed E-state index contributed by atoms with van der Waals surface area (Å²) >= 11 is 0. The predicted molar refractivity (Wildman–Crippen MR) is 100 cm³/mol. The molecule has 5 nitrogen and oxygen atoms in total. The van der Waals surface area contributed by atoms with Crippen LogP contribution >= 0.6 is 0 Å². The summed E-state index contributed by atoms with van der Waals surface area (Å²) in [5.74, 6) is 1.52. The number of hydrogen-bond acceptors (Lipinski definition) is 3. The van der Waals surface area contributed by atoms with Crippen LogP contribution < -0.4 is 4.72 Å². The van der Waals surface area contributed by atoms with Gasteiger partial charge in [-0.25, -0.2) is 8.42 Å². The molecular weight excluding hydrogens is 336 g/mol. The zero-order valence-corrected chi connectivity index (χ0v) is 15.7. The molecule has 1 saturated carbocycles. The molecule has 0 bridgehead atoms. The van der Waals surface area contributed by atoms with E-state index in [-0.39, 0.29) is 11.7 Å². The van der Waals surface area contributed by atoms with E-state index in [9.17, 15) is 13.2 Å². The first-order valence-corrected chi connectivity index (χ1v) is 11.0. The molecule has 1 aliphatic carbocycles. The van der Waals surface area contributed by atoms with Crippen LogP contribution in [-0.2, 0) is 10.0 Å². The summed E-state index contributed by atoms with van der Waals surface area (Å²) in [5, 5.41) is 0. The number of carbonyl (C=O) groups is 1. The van der Waals surface area contributed by atoms with Gasteiger partial charge in [-0.05, 0) is 49.3 Å². The molecule has 2 fully saturated rings. The normalized spacial score (nSPS) is 23.8. The van der Waals surface area contributed by atoms with Crippen molar-refractivity contribution in [3.63, 3.8) is 0 Å². The van der Waals surface area contributed by atoms with E-state index in [0.29, 0.717) is 23.6 Å². The van der Waals surface area contributed by atoms with Gasteiger partial charge in [-0.3, -0.25) is 9.52 Å². The average molecular weight is 365 g/mol. The maximum absolute atomic E-state index is 12.9. The van der Waals surface area contributed by atoms with Crippen LogP contribution in [0.2, 0.25) is 0 Å².